The Morgan fingerprint density at radius 2 is 2.00 bits per heavy atom. The Morgan fingerprint density at radius 1 is 1.13 bits per heavy atom. The number of fused-ring (bicyclic) bond motifs is 1. The zero-order valence-corrected chi connectivity index (χ0v) is 16.8. The summed E-state index contributed by atoms with van der Waals surface area (Å²) in [6, 6.07) is 11.3. The van der Waals surface area contributed by atoms with E-state index in [1.54, 1.807) is 12.3 Å². The maximum atomic E-state index is 13.2. The van der Waals surface area contributed by atoms with Gasteiger partial charge in [0.2, 0.25) is 6.79 Å². The lowest BCUT2D eigenvalue weighted by molar-refractivity contribution is -0.137. The van der Waals surface area contributed by atoms with Crippen LogP contribution in [-0.2, 0) is 12.7 Å². The highest BCUT2D eigenvalue weighted by atomic mass is 19.4. The van der Waals surface area contributed by atoms with Crippen molar-refractivity contribution in [2.45, 2.75) is 31.5 Å². The summed E-state index contributed by atoms with van der Waals surface area (Å²) in [5.41, 5.74) is 2.58. The minimum absolute atomic E-state index is 0.162. The Bertz CT molecular complexity index is 1080. The van der Waals surface area contributed by atoms with E-state index in [1.165, 1.54) is 12.1 Å². The molecule has 1 fully saturated rings. The van der Waals surface area contributed by atoms with Crippen LogP contribution >= 0.6 is 0 Å². The van der Waals surface area contributed by atoms with Crippen LogP contribution in [0.5, 0.6) is 11.5 Å². The van der Waals surface area contributed by atoms with Crippen LogP contribution in [0.1, 0.15) is 35.6 Å². The van der Waals surface area contributed by atoms with E-state index in [1.807, 2.05) is 18.2 Å². The molecule has 0 amide bonds. The van der Waals surface area contributed by atoms with E-state index in [-0.39, 0.29) is 12.7 Å². The number of nitrogens with zero attached hydrogens (tertiary/aromatic N) is 2. The van der Waals surface area contributed by atoms with Gasteiger partial charge < -0.3 is 9.47 Å². The molecule has 0 saturated carbocycles. The number of hydrogen-bond donors (Lipinski definition) is 1. The number of aromatic nitrogens is 2. The van der Waals surface area contributed by atoms with Gasteiger partial charge in [-0.15, -0.1) is 0 Å². The van der Waals surface area contributed by atoms with Crippen molar-refractivity contribution in [1.82, 2.24) is 15.1 Å². The van der Waals surface area contributed by atoms with E-state index in [0.717, 1.165) is 66.9 Å². The molecule has 3 heterocycles. The van der Waals surface area contributed by atoms with Gasteiger partial charge in [-0.05, 0) is 43.1 Å². The highest BCUT2D eigenvalue weighted by molar-refractivity contribution is 5.67. The molecule has 1 unspecified atom stereocenters. The first-order valence-corrected chi connectivity index (χ1v) is 10.3. The first kappa shape index (κ1) is 19.9. The number of para-hydroxylation sites is 1. The molecule has 1 atom stereocenters. The number of aromatic amines is 1. The van der Waals surface area contributed by atoms with Crippen molar-refractivity contribution in [2.24, 2.45) is 0 Å². The second-order valence-corrected chi connectivity index (χ2v) is 8.00. The molecule has 162 valence electrons. The summed E-state index contributed by atoms with van der Waals surface area (Å²) in [5.74, 6) is 1.73. The average Bonchev–Trinajstić information content (AvgIpc) is 3.44. The van der Waals surface area contributed by atoms with Gasteiger partial charge in [0.1, 0.15) is 0 Å². The molecular formula is C23H22F3N3O2. The highest BCUT2D eigenvalue weighted by Crippen LogP contribution is 2.39. The SMILES string of the molecule is FC(F)(F)c1cccc(-c2cn[nH]c2C2CCCN(Cc3cccc4c3OCO4)C2)c1. The second-order valence-electron chi connectivity index (χ2n) is 8.00. The number of rotatable bonds is 4. The first-order chi connectivity index (χ1) is 15.0. The summed E-state index contributed by atoms with van der Waals surface area (Å²) in [4.78, 5) is 2.35. The lowest BCUT2D eigenvalue weighted by Gasteiger charge is -2.33. The fourth-order valence-corrected chi connectivity index (χ4v) is 4.49. The quantitative estimate of drug-likeness (QED) is 0.619. The minimum Gasteiger partial charge on any atom is -0.454 e. The summed E-state index contributed by atoms with van der Waals surface area (Å²) in [7, 11) is 0. The molecule has 2 aliphatic rings. The number of nitrogens with one attached hydrogen (secondary N) is 1. The average molecular weight is 429 g/mol. The van der Waals surface area contributed by atoms with E-state index >= 15 is 0 Å². The van der Waals surface area contributed by atoms with E-state index in [4.69, 9.17) is 9.47 Å². The molecule has 1 N–H and O–H groups in total. The molecule has 0 aliphatic carbocycles. The van der Waals surface area contributed by atoms with Crippen molar-refractivity contribution in [1.29, 1.82) is 0 Å². The van der Waals surface area contributed by atoms with Gasteiger partial charge in [0.25, 0.3) is 0 Å². The van der Waals surface area contributed by atoms with E-state index in [2.05, 4.69) is 15.1 Å². The number of ether oxygens (including phenoxy) is 2. The van der Waals surface area contributed by atoms with Gasteiger partial charge in [-0.2, -0.15) is 18.3 Å². The van der Waals surface area contributed by atoms with Crippen LogP contribution in [0.2, 0.25) is 0 Å². The summed E-state index contributed by atoms with van der Waals surface area (Å²) >= 11 is 0. The van der Waals surface area contributed by atoms with Crippen LogP contribution in [0.3, 0.4) is 0 Å². The smallest absolute Gasteiger partial charge is 0.416 e. The van der Waals surface area contributed by atoms with Crippen LogP contribution < -0.4 is 9.47 Å². The Balaban J connectivity index is 1.37. The van der Waals surface area contributed by atoms with Crippen molar-refractivity contribution in [3.8, 4) is 22.6 Å². The lowest BCUT2D eigenvalue weighted by atomic mass is 9.90. The molecule has 1 aromatic heterocycles. The number of alkyl halides is 3. The number of benzene rings is 2. The van der Waals surface area contributed by atoms with Gasteiger partial charge in [-0.1, -0.05) is 24.3 Å². The van der Waals surface area contributed by atoms with Gasteiger partial charge in [-0.25, -0.2) is 0 Å². The normalized spacial score (nSPS) is 19.0. The zero-order valence-electron chi connectivity index (χ0n) is 16.8. The predicted molar refractivity (Wildman–Crippen MR) is 109 cm³/mol. The highest BCUT2D eigenvalue weighted by Gasteiger charge is 2.31. The number of hydrogen-bond acceptors (Lipinski definition) is 4. The fourth-order valence-electron chi connectivity index (χ4n) is 4.49. The molecule has 1 saturated heterocycles. The molecule has 3 aromatic rings. The molecule has 5 nitrogen and oxygen atoms in total. The summed E-state index contributed by atoms with van der Waals surface area (Å²) in [6.45, 7) is 2.71. The maximum Gasteiger partial charge on any atom is 0.416 e. The molecule has 31 heavy (non-hydrogen) atoms. The number of halogens is 3. The Hall–Kier alpha value is -3.00. The summed E-state index contributed by atoms with van der Waals surface area (Å²) < 4.78 is 50.6. The van der Waals surface area contributed by atoms with Crippen LogP contribution in [0.25, 0.3) is 11.1 Å². The van der Waals surface area contributed by atoms with E-state index in [9.17, 15) is 13.2 Å². The second kappa shape index (κ2) is 7.92. The zero-order chi connectivity index (χ0) is 21.4. The standard InChI is InChI=1S/C23H22F3N3O2/c24-23(25,26)18-7-1-4-15(10-18)19-11-27-28-21(19)16-6-3-9-29(12-16)13-17-5-2-8-20-22(17)31-14-30-20/h1-2,4-5,7-8,10-11,16H,3,6,9,12-14H2,(H,27,28). The Labute approximate surface area is 177 Å². The Morgan fingerprint density at radius 3 is 2.87 bits per heavy atom. The Kier molecular flexibility index (Phi) is 5.09. The minimum atomic E-state index is -4.37. The van der Waals surface area contributed by atoms with Crippen molar-refractivity contribution in [3.63, 3.8) is 0 Å². The third-order valence-corrected chi connectivity index (χ3v) is 5.96. The molecule has 2 aromatic carbocycles. The number of H-pyrrole nitrogens is 1. The van der Waals surface area contributed by atoms with Gasteiger partial charge in [0.15, 0.2) is 11.5 Å². The van der Waals surface area contributed by atoms with Crippen molar-refractivity contribution in [2.75, 3.05) is 19.9 Å². The van der Waals surface area contributed by atoms with Gasteiger partial charge in [0, 0.05) is 35.8 Å². The third-order valence-electron chi connectivity index (χ3n) is 5.96. The van der Waals surface area contributed by atoms with E-state index < -0.39 is 11.7 Å². The number of likely N-dealkylation sites (tertiary alicyclic amines) is 1. The predicted octanol–water partition coefficient (Wildman–Crippen LogP) is 5.20. The lowest BCUT2D eigenvalue weighted by Crippen LogP contribution is -2.34. The van der Waals surface area contributed by atoms with Crippen molar-refractivity contribution < 1.29 is 22.6 Å². The topological polar surface area (TPSA) is 50.4 Å². The summed E-state index contributed by atoms with van der Waals surface area (Å²) in [6.07, 6.45) is -0.794. The largest absolute Gasteiger partial charge is 0.454 e. The van der Waals surface area contributed by atoms with Crippen LogP contribution in [0, 0.1) is 0 Å². The van der Waals surface area contributed by atoms with Gasteiger partial charge in [0.05, 0.1) is 11.8 Å². The van der Waals surface area contributed by atoms with Crippen molar-refractivity contribution >= 4 is 0 Å². The first-order valence-electron chi connectivity index (χ1n) is 10.3. The molecular weight excluding hydrogens is 407 g/mol. The third kappa shape index (κ3) is 3.99. The monoisotopic (exact) mass is 429 g/mol. The number of piperidine rings is 1. The molecule has 5 rings (SSSR count). The molecule has 8 heteroatoms. The molecule has 0 radical (unpaired) electrons. The maximum absolute atomic E-state index is 13.2. The van der Waals surface area contributed by atoms with Gasteiger partial charge >= 0.3 is 6.18 Å². The molecule has 0 spiro atoms. The summed E-state index contributed by atoms with van der Waals surface area (Å²) in [5, 5.41) is 7.22. The van der Waals surface area contributed by atoms with Crippen molar-refractivity contribution in [3.05, 3.63) is 65.5 Å². The van der Waals surface area contributed by atoms with Crippen LogP contribution in [0.15, 0.2) is 48.7 Å². The molecule has 2 aliphatic heterocycles. The van der Waals surface area contributed by atoms with Crippen LogP contribution in [-0.4, -0.2) is 35.0 Å². The van der Waals surface area contributed by atoms with Crippen LogP contribution in [0.4, 0.5) is 13.2 Å². The molecule has 0 bridgehead atoms. The fraction of sp³-hybridized carbons (Fsp3) is 0.348. The van der Waals surface area contributed by atoms with E-state index in [0.29, 0.717) is 5.56 Å². The van der Waals surface area contributed by atoms with Gasteiger partial charge in [-0.3, -0.25) is 10.00 Å².